The van der Waals surface area contributed by atoms with E-state index in [2.05, 4.69) is 307 Å². The van der Waals surface area contributed by atoms with Gasteiger partial charge in [-0.25, -0.2) is 0 Å². The molecule has 83 heavy (non-hydrogen) atoms. The summed E-state index contributed by atoms with van der Waals surface area (Å²) in [7, 11) is -1.95. The van der Waals surface area contributed by atoms with Crippen LogP contribution in [0.2, 0.25) is 16.6 Å². The molecule has 0 saturated heterocycles. The average molecular weight is 1200 g/mol. The first kappa shape index (κ1) is 55.4. The second-order valence-corrected chi connectivity index (χ2v) is 30.4. The van der Waals surface area contributed by atoms with Gasteiger partial charge in [0.15, 0.2) is 0 Å². The van der Waals surface area contributed by atoms with Gasteiger partial charge in [-0.15, -0.1) is 5.54 Å². The number of benzene rings is 12. The van der Waals surface area contributed by atoms with Crippen LogP contribution in [0.15, 0.2) is 182 Å². The van der Waals surface area contributed by atoms with E-state index in [9.17, 15) is 0 Å². The number of aryl methyl sites for hydroxylation is 2. The first-order valence-corrected chi connectivity index (χ1v) is 33.4. The Labute approximate surface area is 506 Å². The van der Waals surface area contributed by atoms with Gasteiger partial charge in [0, 0.05) is 42.5 Å². The zero-order chi connectivity index (χ0) is 57.4. The molecule has 12 aromatic carbocycles. The van der Waals surface area contributed by atoms with E-state index in [1.165, 1.54) is 73.9 Å². The van der Waals surface area contributed by atoms with Crippen LogP contribution in [0.4, 0.5) is 0 Å². The van der Waals surface area contributed by atoms with E-state index < -0.39 is 8.07 Å². The van der Waals surface area contributed by atoms with E-state index in [0.717, 1.165) is 104 Å². The zero-order valence-corrected chi connectivity index (χ0v) is 52.3. The summed E-state index contributed by atoms with van der Waals surface area (Å²) in [6, 6.07) is 66.8. The summed E-state index contributed by atoms with van der Waals surface area (Å²) >= 11 is 2.45. The molecular formula is C81H69ISi. The van der Waals surface area contributed by atoms with Crippen molar-refractivity contribution in [1.82, 2.24) is 0 Å². The van der Waals surface area contributed by atoms with E-state index in [4.69, 9.17) is 0 Å². The lowest BCUT2D eigenvalue weighted by atomic mass is 9.89. The highest BCUT2D eigenvalue weighted by Gasteiger charge is 2.41. The molecule has 0 heterocycles. The molecule has 0 fully saturated rings. The summed E-state index contributed by atoms with van der Waals surface area (Å²) in [5.74, 6) is 26.1. The third kappa shape index (κ3) is 10.5. The third-order valence-electron chi connectivity index (χ3n) is 17.8. The highest BCUT2D eigenvalue weighted by molar-refractivity contribution is 14.1. The van der Waals surface area contributed by atoms with Crippen molar-refractivity contribution in [2.24, 2.45) is 0 Å². The Bertz CT molecular complexity index is 4830. The highest BCUT2D eigenvalue weighted by atomic mass is 127. The van der Waals surface area contributed by atoms with Gasteiger partial charge in [-0.05, 0) is 247 Å². The van der Waals surface area contributed by atoms with Gasteiger partial charge < -0.3 is 0 Å². The van der Waals surface area contributed by atoms with Crippen LogP contribution >= 0.6 is 22.6 Å². The first-order valence-electron chi connectivity index (χ1n) is 30.1. The minimum absolute atomic E-state index is 0.565. The number of halogens is 1. The van der Waals surface area contributed by atoms with Crippen LogP contribution in [0.3, 0.4) is 0 Å². The fourth-order valence-corrected chi connectivity index (χ4v) is 19.5. The average Bonchev–Trinajstić information content (AvgIpc) is 2.67. The minimum Gasteiger partial charge on any atom is -0.125 e. The molecule has 404 valence electrons. The van der Waals surface area contributed by atoms with Gasteiger partial charge in [0.1, 0.15) is 8.07 Å². The van der Waals surface area contributed by atoms with Gasteiger partial charge in [-0.2, -0.15) is 0 Å². The molecule has 0 bridgehead atoms. The summed E-state index contributed by atoms with van der Waals surface area (Å²) in [5.41, 5.74) is 15.8. The Morgan fingerprint density at radius 1 is 0.313 bits per heavy atom. The quantitative estimate of drug-likeness (QED) is 0.0585. The zero-order valence-electron chi connectivity index (χ0n) is 49.2. The second-order valence-electron chi connectivity index (χ2n) is 23.7. The van der Waals surface area contributed by atoms with Crippen molar-refractivity contribution in [3.05, 3.63) is 236 Å². The Balaban J connectivity index is 0.953. The molecule has 0 aliphatic carbocycles. The van der Waals surface area contributed by atoms with E-state index in [-0.39, 0.29) is 0 Å². The van der Waals surface area contributed by atoms with Crippen molar-refractivity contribution >= 4 is 117 Å². The van der Waals surface area contributed by atoms with Crippen molar-refractivity contribution in [2.45, 2.75) is 111 Å². The smallest absolute Gasteiger partial charge is 0.125 e. The lowest BCUT2D eigenvalue weighted by Gasteiger charge is -2.38. The maximum Gasteiger partial charge on any atom is 0.146 e. The normalized spacial score (nSPS) is 11.7. The number of fused-ring (bicyclic) bond motifs is 8. The van der Waals surface area contributed by atoms with Gasteiger partial charge in [0.25, 0.3) is 0 Å². The topological polar surface area (TPSA) is 0 Å². The maximum atomic E-state index is 4.05. The van der Waals surface area contributed by atoms with Gasteiger partial charge in [0.2, 0.25) is 0 Å². The Morgan fingerprint density at radius 2 is 0.590 bits per heavy atom. The second kappa shape index (κ2) is 23.6. The lowest BCUT2D eigenvalue weighted by Crippen LogP contribution is -2.43. The van der Waals surface area contributed by atoms with Crippen molar-refractivity contribution in [3.8, 4) is 47.0 Å². The minimum atomic E-state index is -1.95. The lowest BCUT2D eigenvalue weighted by molar-refractivity contribution is 0.802. The van der Waals surface area contributed by atoms with E-state index in [1.54, 1.807) is 0 Å². The van der Waals surface area contributed by atoms with Crippen molar-refractivity contribution in [3.63, 3.8) is 0 Å². The van der Waals surface area contributed by atoms with Crippen molar-refractivity contribution in [2.75, 3.05) is 0 Å². The molecule has 0 aromatic heterocycles. The highest BCUT2D eigenvalue weighted by Crippen LogP contribution is 2.42. The van der Waals surface area contributed by atoms with Gasteiger partial charge in [-0.1, -0.05) is 207 Å². The van der Waals surface area contributed by atoms with Crippen LogP contribution in [0.1, 0.15) is 131 Å². The predicted octanol–water partition coefficient (Wildman–Crippen LogP) is 22.0. The largest absolute Gasteiger partial charge is 0.146 e. The van der Waals surface area contributed by atoms with Crippen LogP contribution in [0.25, 0.3) is 86.2 Å². The fourth-order valence-electron chi connectivity index (χ4n) is 13.6. The van der Waals surface area contributed by atoms with Gasteiger partial charge in [-0.3, -0.25) is 0 Å². The summed E-state index contributed by atoms with van der Waals surface area (Å²) in [4.78, 5) is 0. The standard InChI is InChI=1S/C81H69ISi/c1-9-11-32-67-69-34-16-24-59(76(69)51-77-60(25-17-35-70(67)77)44-41-58-23-15-30-65-48-66-31-20-38-81(82)80(66)50-75(58)65)42-39-56-21-13-28-63-47-64-29-14-22-57(74(64)49-73(56)63)40-43-61-26-18-36-71-68(33-12-10-2)72-37-19-27-62(79(72)52-78(61)71)45-46-83(53(3)4,54(5)6)55(7)8/h13-31,34-38,47-55H,9-12,32-33H2,1-8H3. The van der Waals surface area contributed by atoms with E-state index in [0.29, 0.717) is 16.6 Å². The van der Waals surface area contributed by atoms with Crippen LogP contribution in [0.5, 0.6) is 0 Å². The molecule has 0 spiro atoms. The van der Waals surface area contributed by atoms with Crippen LogP contribution < -0.4 is 0 Å². The summed E-state index contributed by atoms with van der Waals surface area (Å²) in [6.45, 7) is 19.0. The SMILES string of the molecule is CCCCc1c2cccc(C#Cc3cccc4cc5cccc(I)c5cc34)c2cc2c(C#Cc3cccc4cc5cccc(C#Cc6cccc7c(CCCC)c8cccc(C#C[Si](C(C)C)(C(C)C)C(C)C)c8cc67)c5cc34)cccc12. The van der Waals surface area contributed by atoms with Crippen LogP contribution in [0, 0.1) is 50.6 Å². The Kier molecular flexibility index (Phi) is 15.8. The first-order chi connectivity index (χ1) is 40.4. The molecule has 0 aliphatic heterocycles. The van der Waals surface area contributed by atoms with Crippen molar-refractivity contribution < 1.29 is 0 Å². The van der Waals surface area contributed by atoms with E-state index >= 15 is 0 Å². The molecule has 0 nitrogen and oxygen atoms in total. The van der Waals surface area contributed by atoms with Crippen LogP contribution in [-0.2, 0) is 12.8 Å². The van der Waals surface area contributed by atoms with E-state index in [1.807, 2.05) is 0 Å². The third-order valence-corrected chi connectivity index (χ3v) is 25.1. The molecule has 0 amide bonds. The molecule has 2 heteroatoms. The summed E-state index contributed by atoms with van der Waals surface area (Å²) in [6.07, 6.45) is 6.48. The molecule has 0 aliphatic rings. The summed E-state index contributed by atoms with van der Waals surface area (Å²) < 4.78 is 1.24. The molecule has 0 saturated carbocycles. The maximum absolute atomic E-state index is 4.05. The number of unbranched alkanes of at least 4 members (excludes halogenated alkanes) is 2. The van der Waals surface area contributed by atoms with Crippen LogP contribution in [-0.4, -0.2) is 8.07 Å². The molecule has 0 atom stereocenters. The molecule has 0 unspecified atom stereocenters. The van der Waals surface area contributed by atoms with Crippen molar-refractivity contribution in [1.29, 1.82) is 0 Å². The fraction of sp³-hybridized carbons (Fsp3) is 0.210. The number of rotatable bonds is 9. The predicted molar refractivity (Wildman–Crippen MR) is 372 cm³/mol. The Morgan fingerprint density at radius 3 is 0.928 bits per heavy atom. The number of hydrogen-bond donors (Lipinski definition) is 0. The molecular weight excluding hydrogens is 1130 g/mol. The molecule has 0 radical (unpaired) electrons. The Hall–Kier alpha value is -8.09. The molecule has 12 rings (SSSR count). The molecule has 12 aromatic rings. The monoisotopic (exact) mass is 1200 g/mol. The molecule has 0 N–H and O–H groups in total. The van der Waals surface area contributed by atoms with Gasteiger partial charge in [0.05, 0.1) is 0 Å². The van der Waals surface area contributed by atoms with Gasteiger partial charge >= 0.3 is 0 Å². The number of hydrogen-bond acceptors (Lipinski definition) is 0. The summed E-state index contributed by atoms with van der Waals surface area (Å²) in [5, 5.41) is 19.4.